The first-order valence-corrected chi connectivity index (χ1v) is 9.37. The van der Waals surface area contributed by atoms with E-state index in [1.165, 1.54) is 47.9 Å². The Morgan fingerprint density at radius 2 is 1.21 bits per heavy atom. The molecule has 0 amide bonds. The van der Waals surface area contributed by atoms with Gasteiger partial charge in [-0.1, -0.05) is 62.4 Å². The number of hydrogen-bond acceptors (Lipinski definition) is 1. The van der Waals surface area contributed by atoms with Crippen molar-refractivity contribution in [1.29, 1.82) is 0 Å². The van der Waals surface area contributed by atoms with Crippen molar-refractivity contribution in [1.82, 2.24) is 0 Å². The smallest absolute Gasteiger partial charge is 0.147 e. The zero-order chi connectivity index (χ0) is 16.7. The zero-order valence-corrected chi connectivity index (χ0v) is 14.7. The molecule has 0 saturated heterocycles. The van der Waals surface area contributed by atoms with Crippen molar-refractivity contribution in [3.63, 3.8) is 0 Å². The second-order valence-electron chi connectivity index (χ2n) is 7.73. The molecule has 0 heterocycles. The predicted octanol–water partition coefficient (Wildman–Crippen LogP) is 5.92. The van der Waals surface area contributed by atoms with Crippen LogP contribution in [-0.2, 0) is 4.79 Å². The summed E-state index contributed by atoms with van der Waals surface area (Å²) in [7, 11) is 0. The van der Waals surface area contributed by atoms with E-state index >= 15 is 0 Å². The van der Waals surface area contributed by atoms with E-state index in [-0.39, 0.29) is 11.8 Å². The van der Waals surface area contributed by atoms with Gasteiger partial charge in [-0.25, -0.2) is 0 Å². The summed E-state index contributed by atoms with van der Waals surface area (Å²) in [5.41, 5.74) is 5.18. The SMILES string of the molecule is CC(C(=O)C(C)c1cccc(C2CC2)c1)c1cccc(C2CC2)c1. The van der Waals surface area contributed by atoms with Crippen LogP contribution >= 0.6 is 0 Å². The molecule has 2 saturated carbocycles. The fraction of sp³-hybridized carbons (Fsp3) is 0.435. The van der Waals surface area contributed by atoms with Gasteiger partial charge in [-0.3, -0.25) is 4.79 Å². The number of carbonyl (C=O) groups excluding carboxylic acids is 1. The van der Waals surface area contributed by atoms with Gasteiger partial charge in [-0.05, 0) is 59.8 Å². The molecule has 2 unspecified atom stereocenters. The molecule has 2 fully saturated rings. The summed E-state index contributed by atoms with van der Waals surface area (Å²) in [5, 5.41) is 0. The molecule has 1 heteroatoms. The Morgan fingerprint density at radius 1 is 0.792 bits per heavy atom. The Bertz CT molecular complexity index is 689. The van der Waals surface area contributed by atoms with Gasteiger partial charge in [0.15, 0.2) is 0 Å². The lowest BCUT2D eigenvalue weighted by atomic mass is 9.84. The highest BCUT2D eigenvalue weighted by atomic mass is 16.1. The number of ketones is 1. The molecule has 2 atom stereocenters. The van der Waals surface area contributed by atoms with Crippen LogP contribution in [0.4, 0.5) is 0 Å². The van der Waals surface area contributed by atoms with Gasteiger partial charge in [-0.2, -0.15) is 0 Å². The standard InChI is InChI=1S/C23H26O/c1-15(19-5-3-7-21(13-19)17-9-10-17)23(24)16(2)20-6-4-8-22(14-20)18-11-12-18/h3-8,13-18H,9-12H2,1-2H3. The first kappa shape index (κ1) is 15.6. The van der Waals surface area contributed by atoms with E-state index in [1.807, 2.05) is 0 Å². The molecule has 1 nitrogen and oxygen atoms in total. The zero-order valence-electron chi connectivity index (χ0n) is 14.7. The van der Waals surface area contributed by atoms with Crippen LogP contribution in [0.3, 0.4) is 0 Å². The Morgan fingerprint density at radius 3 is 1.58 bits per heavy atom. The Kier molecular flexibility index (Phi) is 4.04. The molecule has 2 aromatic carbocycles. The molecule has 2 aromatic rings. The maximum atomic E-state index is 13.0. The maximum absolute atomic E-state index is 13.0. The summed E-state index contributed by atoms with van der Waals surface area (Å²) < 4.78 is 0. The first-order chi connectivity index (χ1) is 11.6. The third kappa shape index (κ3) is 3.17. The van der Waals surface area contributed by atoms with Crippen LogP contribution in [0.25, 0.3) is 0 Å². The number of rotatable bonds is 6. The minimum Gasteiger partial charge on any atom is -0.298 e. The van der Waals surface area contributed by atoms with Gasteiger partial charge < -0.3 is 0 Å². The van der Waals surface area contributed by atoms with Crippen molar-refractivity contribution in [2.75, 3.05) is 0 Å². The predicted molar refractivity (Wildman–Crippen MR) is 98.7 cm³/mol. The minimum absolute atomic E-state index is 0.0386. The van der Waals surface area contributed by atoms with E-state index in [1.54, 1.807) is 0 Å². The molecular formula is C23H26O. The summed E-state index contributed by atoms with van der Waals surface area (Å²) in [5.74, 6) is 1.72. The lowest BCUT2D eigenvalue weighted by Crippen LogP contribution is -2.17. The van der Waals surface area contributed by atoms with Crippen LogP contribution in [0.5, 0.6) is 0 Å². The van der Waals surface area contributed by atoms with E-state index in [0.29, 0.717) is 5.78 Å². The van der Waals surface area contributed by atoms with Crippen LogP contribution in [0.2, 0.25) is 0 Å². The largest absolute Gasteiger partial charge is 0.298 e. The highest BCUT2D eigenvalue weighted by Gasteiger charge is 2.28. The van der Waals surface area contributed by atoms with Crippen molar-refractivity contribution in [2.45, 2.75) is 63.2 Å². The molecule has 24 heavy (non-hydrogen) atoms. The molecular weight excluding hydrogens is 292 g/mol. The highest BCUT2D eigenvalue weighted by molar-refractivity contribution is 5.91. The van der Waals surface area contributed by atoms with Gasteiger partial charge in [-0.15, -0.1) is 0 Å². The number of carbonyl (C=O) groups is 1. The Hall–Kier alpha value is -1.89. The lowest BCUT2D eigenvalue weighted by molar-refractivity contribution is -0.121. The van der Waals surface area contributed by atoms with E-state index in [2.05, 4.69) is 62.4 Å². The first-order valence-electron chi connectivity index (χ1n) is 9.37. The van der Waals surface area contributed by atoms with Crippen molar-refractivity contribution in [3.05, 3.63) is 70.8 Å². The second kappa shape index (κ2) is 6.20. The molecule has 0 aliphatic heterocycles. The van der Waals surface area contributed by atoms with E-state index in [4.69, 9.17) is 0 Å². The fourth-order valence-electron chi connectivity index (χ4n) is 3.70. The molecule has 0 N–H and O–H groups in total. The third-order valence-electron chi connectivity index (χ3n) is 5.77. The van der Waals surface area contributed by atoms with Gasteiger partial charge in [0.1, 0.15) is 5.78 Å². The van der Waals surface area contributed by atoms with Crippen LogP contribution in [-0.4, -0.2) is 5.78 Å². The van der Waals surface area contributed by atoms with Gasteiger partial charge in [0.25, 0.3) is 0 Å². The van der Waals surface area contributed by atoms with E-state index in [9.17, 15) is 4.79 Å². The average molecular weight is 318 g/mol. The van der Waals surface area contributed by atoms with Crippen LogP contribution in [0.15, 0.2) is 48.5 Å². The summed E-state index contributed by atoms with van der Waals surface area (Å²) >= 11 is 0. The number of Topliss-reactive ketones (excluding diaryl/α,β-unsaturated/α-hetero) is 1. The van der Waals surface area contributed by atoms with Crippen LogP contribution < -0.4 is 0 Å². The van der Waals surface area contributed by atoms with Crippen molar-refractivity contribution in [3.8, 4) is 0 Å². The molecule has 0 bridgehead atoms. The highest BCUT2D eigenvalue weighted by Crippen LogP contribution is 2.42. The summed E-state index contributed by atoms with van der Waals surface area (Å²) in [6, 6.07) is 17.4. The van der Waals surface area contributed by atoms with Crippen molar-refractivity contribution in [2.24, 2.45) is 0 Å². The molecule has 0 spiro atoms. The van der Waals surface area contributed by atoms with Crippen LogP contribution in [0, 0.1) is 0 Å². The molecule has 0 radical (unpaired) electrons. The Balaban J connectivity index is 1.53. The monoisotopic (exact) mass is 318 g/mol. The van der Waals surface area contributed by atoms with Crippen molar-refractivity contribution >= 4 is 5.78 Å². The summed E-state index contributed by atoms with van der Waals surface area (Å²) in [6.45, 7) is 4.13. The molecule has 2 aliphatic rings. The number of hydrogen-bond donors (Lipinski definition) is 0. The minimum atomic E-state index is -0.0386. The topological polar surface area (TPSA) is 17.1 Å². The van der Waals surface area contributed by atoms with Crippen LogP contribution in [0.1, 0.15) is 85.5 Å². The molecule has 124 valence electrons. The van der Waals surface area contributed by atoms with Gasteiger partial charge in [0.2, 0.25) is 0 Å². The van der Waals surface area contributed by atoms with Gasteiger partial charge in [0.05, 0.1) is 0 Å². The maximum Gasteiger partial charge on any atom is 0.147 e. The normalized spacial score (nSPS) is 19.8. The van der Waals surface area contributed by atoms with E-state index in [0.717, 1.165) is 11.8 Å². The van der Waals surface area contributed by atoms with E-state index < -0.39 is 0 Å². The summed E-state index contributed by atoms with van der Waals surface area (Å²) in [4.78, 5) is 13.0. The Labute approximate surface area is 145 Å². The summed E-state index contributed by atoms with van der Waals surface area (Å²) in [6.07, 6.45) is 5.21. The molecule has 2 aliphatic carbocycles. The van der Waals surface area contributed by atoms with Crippen molar-refractivity contribution < 1.29 is 4.79 Å². The van der Waals surface area contributed by atoms with Gasteiger partial charge in [0, 0.05) is 11.8 Å². The average Bonchev–Trinajstić information content (AvgIpc) is 3.52. The third-order valence-corrected chi connectivity index (χ3v) is 5.77. The molecule has 4 rings (SSSR count). The lowest BCUT2D eigenvalue weighted by Gasteiger charge is -2.18. The number of benzene rings is 2. The van der Waals surface area contributed by atoms with Gasteiger partial charge >= 0.3 is 0 Å². The quantitative estimate of drug-likeness (QED) is 0.646. The second-order valence-corrected chi connectivity index (χ2v) is 7.73. The molecule has 0 aromatic heterocycles. The fourth-order valence-corrected chi connectivity index (χ4v) is 3.70.